The number of carboxylic acid groups (broad SMARTS) is 1. The molecule has 1 aromatic carbocycles. The van der Waals surface area contributed by atoms with Crippen LogP contribution in [0.1, 0.15) is 15.9 Å². The largest absolute Gasteiger partial charge is 0.481 e. The lowest BCUT2D eigenvalue weighted by Gasteiger charge is -2.37. The summed E-state index contributed by atoms with van der Waals surface area (Å²) in [5.74, 6) is -1.12. The van der Waals surface area contributed by atoms with Crippen molar-refractivity contribution in [2.75, 3.05) is 31.1 Å². The lowest BCUT2D eigenvalue weighted by atomic mass is 10.0. The Morgan fingerprint density at radius 1 is 1.04 bits per heavy atom. The Kier molecular flexibility index (Phi) is 5.64. The maximum absolute atomic E-state index is 12.8. The zero-order valence-corrected chi connectivity index (χ0v) is 15.4. The van der Waals surface area contributed by atoms with Crippen molar-refractivity contribution < 1.29 is 14.7 Å². The van der Waals surface area contributed by atoms with Crippen molar-refractivity contribution >= 4 is 40.8 Å². The topological polar surface area (TPSA) is 73.7 Å². The molecule has 136 valence electrons. The fourth-order valence-electron chi connectivity index (χ4n) is 3.06. The van der Waals surface area contributed by atoms with Gasteiger partial charge in [0.1, 0.15) is 0 Å². The molecule has 1 aromatic heterocycles. The SMILES string of the molecule is O=C(O)Cc1ccccc1C(=O)N1CCN(c2c(Cl)cncc2Cl)CC1. The Morgan fingerprint density at radius 2 is 1.65 bits per heavy atom. The maximum atomic E-state index is 12.8. The molecule has 0 spiro atoms. The molecule has 6 nitrogen and oxygen atoms in total. The van der Waals surface area contributed by atoms with E-state index < -0.39 is 5.97 Å². The van der Waals surface area contributed by atoms with E-state index in [4.69, 9.17) is 28.3 Å². The van der Waals surface area contributed by atoms with E-state index in [2.05, 4.69) is 4.98 Å². The third kappa shape index (κ3) is 3.92. The molecule has 1 aliphatic heterocycles. The highest BCUT2D eigenvalue weighted by molar-refractivity contribution is 6.38. The van der Waals surface area contributed by atoms with Crippen molar-refractivity contribution in [1.82, 2.24) is 9.88 Å². The predicted octanol–water partition coefficient (Wildman–Crippen LogP) is 2.98. The van der Waals surface area contributed by atoms with E-state index in [1.165, 1.54) is 0 Å². The second-order valence-electron chi connectivity index (χ2n) is 5.96. The fourth-order valence-corrected chi connectivity index (χ4v) is 3.66. The van der Waals surface area contributed by atoms with Crippen molar-refractivity contribution in [2.45, 2.75) is 6.42 Å². The first-order valence-corrected chi connectivity index (χ1v) is 8.86. The molecule has 1 N–H and O–H groups in total. The van der Waals surface area contributed by atoms with Crippen LogP contribution in [0.5, 0.6) is 0 Å². The minimum absolute atomic E-state index is 0.159. The molecule has 0 atom stereocenters. The lowest BCUT2D eigenvalue weighted by Crippen LogP contribution is -2.49. The van der Waals surface area contributed by atoms with Crippen molar-refractivity contribution in [3.8, 4) is 0 Å². The van der Waals surface area contributed by atoms with Crippen LogP contribution >= 0.6 is 23.2 Å². The molecule has 8 heteroatoms. The number of aliphatic carboxylic acids is 1. The average Bonchev–Trinajstić information content (AvgIpc) is 2.61. The highest BCUT2D eigenvalue weighted by Crippen LogP contribution is 2.33. The summed E-state index contributed by atoms with van der Waals surface area (Å²) in [6.07, 6.45) is 2.91. The van der Waals surface area contributed by atoms with Crippen LogP contribution in [0, 0.1) is 0 Å². The first-order valence-electron chi connectivity index (χ1n) is 8.10. The monoisotopic (exact) mass is 393 g/mol. The molecule has 1 fully saturated rings. The van der Waals surface area contributed by atoms with Crippen LogP contribution in [0.2, 0.25) is 10.0 Å². The minimum atomic E-state index is -0.961. The Balaban J connectivity index is 1.73. The van der Waals surface area contributed by atoms with Gasteiger partial charge in [0.05, 0.1) is 22.2 Å². The van der Waals surface area contributed by atoms with Gasteiger partial charge in [0.2, 0.25) is 0 Å². The van der Waals surface area contributed by atoms with E-state index in [1.807, 2.05) is 4.90 Å². The van der Waals surface area contributed by atoms with Gasteiger partial charge < -0.3 is 14.9 Å². The number of halogens is 2. The second kappa shape index (κ2) is 7.93. The van der Waals surface area contributed by atoms with Gasteiger partial charge in [-0.1, -0.05) is 41.4 Å². The van der Waals surface area contributed by atoms with E-state index in [-0.39, 0.29) is 12.3 Å². The number of rotatable bonds is 4. The first kappa shape index (κ1) is 18.5. The summed E-state index contributed by atoms with van der Waals surface area (Å²) < 4.78 is 0. The molecule has 0 unspecified atom stereocenters. The molecular formula is C18H17Cl2N3O3. The number of carbonyl (C=O) groups is 2. The molecule has 1 aliphatic rings. The van der Waals surface area contributed by atoms with E-state index in [0.717, 1.165) is 5.69 Å². The first-order chi connectivity index (χ1) is 12.5. The van der Waals surface area contributed by atoms with Crippen LogP contribution < -0.4 is 4.90 Å². The van der Waals surface area contributed by atoms with Crippen LogP contribution in [-0.4, -0.2) is 53.0 Å². The van der Waals surface area contributed by atoms with Gasteiger partial charge in [-0.3, -0.25) is 14.6 Å². The third-order valence-corrected chi connectivity index (χ3v) is 4.85. The van der Waals surface area contributed by atoms with Gasteiger partial charge in [0.25, 0.3) is 5.91 Å². The van der Waals surface area contributed by atoms with E-state index in [9.17, 15) is 9.59 Å². The number of carbonyl (C=O) groups excluding carboxylic acids is 1. The maximum Gasteiger partial charge on any atom is 0.307 e. The summed E-state index contributed by atoms with van der Waals surface area (Å²) in [6.45, 7) is 2.15. The van der Waals surface area contributed by atoms with Crippen LogP contribution in [0.15, 0.2) is 36.7 Å². The average molecular weight is 394 g/mol. The zero-order valence-electron chi connectivity index (χ0n) is 13.9. The Bertz CT molecular complexity index is 816. The molecule has 1 amide bonds. The van der Waals surface area contributed by atoms with Crippen molar-refractivity contribution in [1.29, 1.82) is 0 Å². The Hall–Kier alpha value is -2.31. The molecular weight excluding hydrogens is 377 g/mol. The Labute approximate surface area is 161 Å². The molecule has 0 radical (unpaired) electrons. The smallest absolute Gasteiger partial charge is 0.307 e. The molecule has 0 saturated carbocycles. The van der Waals surface area contributed by atoms with E-state index in [0.29, 0.717) is 47.4 Å². The number of anilines is 1. The van der Waals surface area contributed by atoms with Crippen molar-refractivity contribution in [2.24, 2.45) is 0 Å². The van der Waals surface area contributed by atoms with E-state index >= 15 is 0 Å². The fraction of sp³-hybridized carbons (Fsp3) is 0.278. The number of piperazine rings is 1. The molecule has 26 heavy (non-hydrogen) atoms. The summed E-state index contributed by atoms with van der Waals surface area (Å²) in [5, 5.41) is 9.99. The summed E-state index contributed by atoms with van der Waals surface area (Å²) >= 11 is 12.4. The second-order valence-corrected chi connectivity index (χ2v) is 6.77. The highest BCUT2D eigenvalue weighted by atomic mass is 35.5. The highest BCUT2D eigenvalue weighted by Gasteiger charge is 2.26. The van der Waals surface area contributed by atoms with Crippen LogP contribution in [-0.2, 0) is 11.2 Å². The van der Waals surface area contributed by atoms with Gasteiger partial charge in [-0.25, -0.2) is 0 Å². The molecule has 0 aliphatic carbocycles. The number of carboxylic acids is 1. The predicted molar refractivity (Wildman–Crippen MR) is 100 cm³/mol. The number of hydrogen-bond donors (Lipinski definition) is 1. The number of nitrogens with zero attached hydrogens (tertiary/aromatic N) is 3. The van der Waals surface area contributed by atoms with Crippen LogP contribution in [0.4, 0.5) is 5.69 Å². The third-order valence-electron chi connectivity index (χ3n) is 4.30. The van der Waals surface area contributed by atoms with Crippen molar-refractivity contribution in [3.63, 3.8) is 0 Å². The van der Waals surface area contributed by atoms with Crippen molar-refractivity contribution in [3.05, 3.63) is 57.8 Å². The molecule has 2 heterocycles. The summed E-state index contributed by atoms with van der Waals surface area (Å²) in [7, 11) is 0. The van der Waals surface area contributed by atoms with Crippen LogP contribution in [0.3, 0.4) is 0 Å². The number of benzene rings is 1. The van der Waals surface area contributed by atoms with Gasteiger partial charge in [0.15, 0.2) is 0 Å². The minimum Gasteiger partial charge on any atom is -0.481 e. The molecule has 1 saturated heterocycles. The standard InChI is InChI=1S/C18H17Cl2N3O3/c19-14-10-21-11-15(20)17(14)22-5-7-23(8-6-22)18(26)13-4-2-1-3-12(13)9-16(24)25/h1-4,10-11H,5-9H2,(H,24,25). The van der Waals surface area contributed by atoms with Crippen LogP contribution in [0.25, 0.3) is 0 Å². The molecule has 3 rings (SSSR count). The lowest BCUT2D eigenvalue weighted by molar-refractivity contribution is -0.136. The number of amides is 1. The number of aromatic nitrogens is 1. The number of hydrogen-bond acceptors (Lipinski definition) is 4. The number of pyridine rings is 1. The summed E-state index contributed by atoms with van der Waals surface area (Å²) in [6, 6.07) is 6.82. The zero-order chi connectivity index (χ0) is 18.7. The normalized spacial score (nSPS) is 14.4. The van der Waals surface area contributed by atoms with Gasteiger partial charge >= 0.3 is 5.97 Å². The van der Waals surface area contributed by atoms with Gasteiger partial charge in [-0.05, 0) is 11.6 Å². The van der Waals surface area contributed by atoms with Gasteiger partial charge in [-0.15, -0.1) is 0 Å². The quantitative estimate of drug-likeness (QED) is 0.863. The van der Waals surface area contributed by atoms with Gasteiger partial charge in [-0.2, -0.15) is 0 Å². The Morgan fingerprint density at radius 3 is 2.27 bits per heavy atom. The molecule has 0 bridgehead atoms. The van der Waals surface area contributed by atoms with E-state index in [1.54, 1.807) is 41.6 Å². The summed E-state index contributed by atoms with van der Waals surface area (Å²) in [4.78, 5) is 31.6. The molecule has 2 aromatic rings. The summed E-state index contributed by atoms with van der Waals surface area (Å²) in [5.41, 5.74) is 1.68. The van der Waals surface area contributed by atoms with Gasteiger partial charge in [0, 0.05) is 44.1 Å².